The molecule has 2 rings (SSSR count). The number of nitrogens with one attached hydrogen (secondary N) is 2. The van der Waals surface area contributed by atoms with Crippen LogP contribution in [0.15, 0.2) is 24.4 Å². The highest BCUT2D eigenvalue weighted by atomic mass is 15.0. The van der Waals surface area contributed by atoms with Crippen LogP contribution in [0, 0.1) is 0 Å². The van der Waals surface area contributed by atoms with Gasteiger partial charge in [0.2, 0.25) is 0 Å². The van der Waals surface area contributed by atoms with Gasteiger partial charge < -0.3 is 10.6 Å². The first-order valence-electron chi connectivity index (χ1n) is 5.25. The van der Waals surface area contributed by atoms with Gasteiger partial charge in [-0.15, -0.1) is 0 Å². The van der Waals surface area contributed by atoms with E-state index in [1.54, 1.807) is 0 Å². The molecule has 76 valence electrons. The van der Waals surface area contributed by atoms with Crippen LogP contribution in [0.25, 0.3) is 0 Å². The topological polar surface area (TPSA) is 37.0 Å². The van der Waals surface area contributed by atoms with E-state index < -0.39 is 0 Å². The summed E-state index contributed by atoms with van der Waals surface area (Å²) in [5.41, 5.74) is 0. The molecule has 3 heteroatoms. The standard InChI is InChI=1S/C11H17N3/c1-9-8-10(5-7-12-9)14-11-4-2-3-6-13-11/h2-4,6,9-10,12H,5,7-8H2,1H3,(H,13,14). The summed E-state index contributed by atoms with van der Waals surface area (Å²) >= 11 is 0. The molecule has 2 heterocycles. The van der Waals surface area contributed by atoms with Gasteiger partial charge in [-0.25, -0.2) is 4.98 Å². The van der Waals surface area contributed by atoms with Crippen LogP contribution < -0.4 is 10.6 Å². The Morgan fingerprint density at radius 1 is 1.50 bits per heavy atom. The molecule has 1 aromatic heterocycles. The van der Waals surface area contributed by atoms with E-state index in [9.17, 15) is 0 Å². The minimum atomic E-state index is 0.571. The molecule has 2 atom stereocenters. The molecule has 1 aliphatic rings. The first-order valence-corrected chi connectivity index (χ1v) is 5.25. The van der Waals surface area contributed by atoms with Gasteiger partial charge in [0, 0.05) is 18.3 Å². The minimum Gasteiger partial charge on any atom is -0.367 e. The third kappa shape index (κ3) is 2.45. The number of nitrogens with zero attached hydrogens (tertiary/aromatic N) is 1. The first-order chi connectivity index (χ1) is 6.84. The van der Waals surface area contributed by atoms with Gasteiger partial charge in [-0.2, -0.15) is 0 Å². The summed E-state index contributed by atoms with van der Waals surface area (Å²) in [6.07, 6.45) is 4.18. The van der Waals surface area contributed by atoms with Gasteiger partial charge in [0.05, 0.1) is 0 Å². The lowest BCUT2D eigenvalue weighted by Crippen LogP contribution is -2.41. The molecule has 0 saturated carbocycles. The summed E-state index contributed by atoms with van der Waals surface area (Å²) in [5.74, 6) is 0.992. The van der Waals surface area contributed by atoms with Crippen molar-refractivity contribution >= 4 is 5.82 Å². The summed E-state index contributed by atoms with van der Waals surface area (Å²) < 4.78 is 0. The Labute approximate surface area is 84.9 Å². The van der Waals surface area contributed by atoms with Crippen molar-refractivity contribution in [2.24, 2.45) is 0 Å². The highest BCUT2D eigenvalue weighted by Crippen LogP contribution is 2.13. The highest BCUT2D eigenvalue weighted by molar-refractivity contribution is 5.34. The molecule has 1 saturated heterocycles. The van der Waals surface area contributed by atoms with Crippen molar-refractivity contribution in [1.29, 1.82) is 0 Å². The molecule has 3 nitrogen and oxygen atoms in total. The van der Waals surface area contributed by atoms with Gasteiger partial charge in [-0.1, -0.05) is 6.07 Å². The largest absolute Gasteiger partial charge is 0.367 e. The van der Waals surface area contributed by atoms with E-state index in [4.69, 9.17) is 0 Å². The second-order valence-electron chi connectivity index (χ2n) is 3.94. The average Bonchev–Trinajstić information content (AvgIpc) is 2.19. The number of anilines is 1. The Morgan fingerprint density at radius 3 is 3.14 bits per heavy atom. The van der Waals surface area contributed by atoms with E-state index in [0.29, 0.717) is 12.1 Å². The zero-order chi connectivity index (χ0) is 9.80. The molecule has 2 unspecified atom stereocenters. The molecule has 0 radical (unpaired) electrons. The normalized spacial score (nSPS) is 27.2. The number of hydrogen-bond donors (Lipinski definition) is 2. The molecule has 1 aliphatic heterocycles. The molecular formula is C11H17N3. The van der Waals surface area contributed by atoms with E-state index in [1.165, 1.54) is 12.8 Å². The van der Waals surface area contributed by atoms with Crippen molar-refractivity contribution in [3.63, 3.8) is 0 Å². The summed E-state index contributed by atoms with van der Waals surface area (Å²) in [6, 6.07) is 7.16. The lowest BCUT2D eigenvalue weighted by atomic mass is 10.0. The van der Waals surface area contributed by atoms with Gasteiger partial charge >= 0.3 is 0 Å². The Balaban J connectivity index is 1.91. The van der Waals surface area contributed by atoms with Gasteiger partial charge in [0.1, 0.15) is 5.82 Å². The van der Waals surface area contributed by atoms with Crippen LogP contribution in [-0.4, -0.2) is 23.6 Å². The van der Waals surface area contributed by atoms with Crippen molar-refractivity contribution < 1.29 is 0 Å². The highest BCUT2D eigenvalue weighted by Gasteiger charge is 2.17. The van der Waals surface area contributed by atoms with Crippen LogP contribution in [0.2, 0.25) is 0 Å². The van der Waals surface area contributed by atoms with Crippen LogP contribution in [-0.2, 0) is 0 Å². The summed E-state index contributed by atoms with van der Waals surface area (Å²) in [5, 5.41) is 6.90. The maximum absolute atomic E-state index is 4.27. The summed E-state index contributed by atoms with van der Waals surface area (Å²) in [4.78, 5) is 4.27. The number of piperidine rings is 1. The molecular weight excluding hydrogens is 174 g/mol. The van der Waals surface area contributed by atoms with Crippen LogP contribution in [0.3, 0.4) is 0 Å². The Morgan fingerprint density at radius 2 is 2.43 bits per heavy atom. The number of hydrogen-bond acceptors (Lipinski definition) is 3. The second-order valence-corrected chi connectivity index (χ2v) is 3.94. The minimum absolute atomic E-state index is 0.571. The van der Waals surface area contributed by atoms with E-state index in [1.807, 2.05) is 24.4 Å². The maximum Gasteiger partial charge on any atom is 0.126 e. The van der Waals surface area contributed by atoms with Crippen molar-refractivity contribution in [3.8, 4) is 0 Å². The van der Waals surface area contributed by atoms with Crippen molar-refractivity contribution in [1.82, 2.24) is 10.3 Å². The SMILES string of the molecule is CC1CC(Nc2ccccn2)CCN1. The number of pyridine rings is 1. The fourth-order valence-corrected chi connectivity index (χ4v) is 1.92. The van der Waals surface area contributed by atoms with Gasteiger partial charge in [-0.05, 0) is 38.4 Å². The van der Waals surface area contributed by atoms with Gasteiger partial charge in [-0.3, -0.25) is 0 Å². The predicted octanol–water partition coefficient (Wildman–Crippen LogP) is 1.63. The second kappa shape index (κ2) is 4.42. The fraction of sp³-hybridized carbons (Fsp3) is 0.545. The molecule has 0 aliphatic carbocycles. The Kier molecular flexibility index (Phi) is 2.99. The zero-order valence-corrected chi connectivity index (χ0v) is 8.53. The van der Waals surface area contributed by atoms with Crippen LogP contribution >= 0.6 is 0 Å². The third-order valence-electron chi connectivity index (χ3n) is 2.64. The molecule has 1 fully saturated rings. The molecule has 0 aromatic carbocycles. The predicted molar refractivity (Wildman–Crippen MR) is 58.3 cm³/mol. The molecule has 0 spiro atoms. The fourth-order valence-electron chi connectivity index (χ4n) is 1.92. The Bertz CT molecular complexity index is 273. The van der Waals surface area contributed by atoms with E-state index in [2.05, 4.69) is 22.5 Å². The molecule has 1 aromatic rings. The molecule has 0 amide bonds. The zero-order valence-electron chi connectivity index (χ0n) is 8.53. The number of aromatic nitrogens is 1. The van der Waals surface area contributed by atoms with Gasteiger partial charge in [0.15, 0.2) is 0 Å². The lowest BCUT2D eigenvalue weighted by molar-refractivity contribution is 0.396. The van der Waals surface area contributed by atoms with Crippen LogP contribution in [0.1, 0.15) is 19.8 Å². The van der Waals surface area contributed by atoms with E-state index in [0.717, 1.165) is 12.4 Å². The third-order valence-corrected chi connectivity index (χ3v) is 2.64. The quantitative estimate of drug-likeness (QED) is 0.746. The van der Waals surface area contributed by atoms with E-state index >= 15 is 0 Å². The van der Waals surface area contributed by atoms with Crippen molar-refractivity contribution in [2.75, 3.05) is 11.9 Å². The monoisotopic (exact) mass is 191 g/mol. The van der Waals surface area contributed by atoms with Crippen LogP contribution in [0.4, 0.5) is 5.82 Å². The lowest BCUT2D eigenvalue weighted by Gasteiger charge is -2.28. The molecule has 2 N–H and O–H groups in total. The first kappa shape index (κ1) is 9.46. The van der Waals surface area contributed by atoms with Crippen molar-refractivity contribution in [3.05, 3.63) is 24.4 Å². The molecule has 0 bridgehead atoms. The summed E-state index contributed by atoms with van der Waals surface area (Å²) in [6.45, 7) is 3.33. The van der Waals surface area contributed by atoms with Crippen molar-refractivity contribution in [2.45, 2.75) is 31.8 Å². The van der Waals surface area contributed by atoms with E-state index in [-0.39, 0.29) is 0 Å². The molecule has 14 heavy (non-hydrogen) atoms. The average molecular weight is 191 g/mol. The van der Waals surface area contributed by atoms with Gasteiger partial charge in [0.25, 0.3) is 0 Å². The number of rotatable bonds is 2. The van der Waals surface area contributed by atoms with Crippen LogP contribution in [0.5, 0.6) is 0 Å². The smallest absolute Gasteiger partial charge is 0.126 e. The Hall–Kier alpha value is -1.09. The maximum atomic E-state index is 4.27. The summed E-state index contributed by atoms with van der Waals surface area (Å²) in [7, 11) is 0.